The second kappa shape index (κ2) is 6.54. The van der Waals surface area contributed by atoms with Crippen LogP contribution < -0.4 is 5.32 Å². The maximum absolute atomic E-state index is 13.4. The molecule has 0 aliphatic rings. The van der Waals surface area contributed by atoms with Crippen LogP contribution in [0.2, 0.25) is 5.02 Å². The molecule has 2 aromatic rings. The Bertz CT molecular complexity index is 626. The van der Waals surface area contributed by atoms with Gasteiger partial charge in [0.25, 0.3) is 0 Å². The van der Waals surface area contributed by atoms with Gasteiger partial charge in [-0.25, -0.2) is 13.6 Å². The van der Waals surface area contributed by atoms with Crippen LogP contribution in [0.4, 0.5) is 14.5 Å². The van der Waals surface area contributed by atoms with Crippen molar-refractivity contribution < 1.29 is 18.3 Å². The number of methoxy groups -OCH3 is 1. The van der Waals surface area contributed by atoms with Crippen molar-refractivity contribution in [3.05, 3.63) is 64.7 Å². The Hall–Kier alpha value is -2.14. The molecule has 21 heavy (non-hydrogen) atoms. The number of carbonyl (C=O) groups is 1. The molecular formula is C15H12ClF2NO2. The van der Waals surface area contributed by atoms with Gasteiger partial charge in [-0.05, 0) is 48.0 Å². The molecule has 3 nitrogen and oxygen atoms in total. The number of ether oxygens (including phenoxy) is 1. The zero-order valence-electron chi connectivity index (χ0n) is 11.1. The molecule has 0 heterocycles. The predicted octanol–water partition coefficient (Wildman–Crippen LogP) is 3.94. The first kappa shape index (κ1) is 15.3. The number of anilines is 1. The maximum atomic E-state index is 13.4. The van der Waals surface area contributed by atoms with Crippen LogP contribution in [0, 0.1) is 11.6 Å². The van der Waals surface area contributed by atoms with E-state index in [9.17, 15) is 13.6 Å². The number of hydrogen-bond acceptors (Lipinski definition) is 3. The van der Waals surface area contributed by atoms with Gasteiger partial charge in [-0.2, -0.15) is 0 Å². The van der Waals surface area contributed by atoms with Crippen LogP contribution in [-0.4, -0.2) is 13.1 Å². The lowest BCUT2D eigenvalue weighted by atomic mass is 10.1. The second-order valence-corrected chi connectivity index (χ2v) is 4.75. The first-order valence-corrected chi connectivity index (χ1v) is 6.43. The van der Waals surface area contributed by atoms with Gasteiger partial charge in [-0.1, -0.05) is 11.6 Å². The third kappa shape index (κ3) is 3.92. The molecule has 110 valence electrons. The summed E-state index contributed by atoms with van der Waals surface area (Å²) in [5, 5.41) is 3.03. The zero-order valence-corrected chi connectivity index (χ0v) is 11.8. The maximum Gasteiger partial charge on any atom is 0.332 e. The summed E-state index contributed by atoms with van der Waals surface area (Å²) in [7, 11) is 1.22. The fourth-order valence-electron chi connectivity index (χ4n) is 1.85. The van der Waals surface area contributed by atoms with E-state index in [2.05, 4.69) is 5.32 Å². The topological polar surface area (TPSA) is 38.3 Å². The van der Waals surface area contributed by atoms with Gasteiger partial charge in [-0.15, -0.1) is 0 Å². The molecule has 0 bridgehead atoms. The van der Waals surface area contributed by atoms with Crippen molar-refractivity contribution >= 4 is 23.3 Å². The van der Waals surface area contributed by atoms with Crippen molar-refractivity contribution in [1.29, 1.82) is 0 Å². The smallest absolute Gasteiger partial charge is 0.332 e. The van der Waals surface area contributed by atoms with Crippen molar-refractivity contribution in [3.8, 4) is 0 Å². The summed E-state index contributed by atoms with van der Waals surface area (Å²) in [4.78, 5) is 11.9. The van der Waals surface area contributed by atoms with Crippen molar-refractivity contribution in [2.75, 3.05) is 12.4 Å². The van der Waals surface area contributed by atoms with E-state index < -0.39 is 23.6 Å². The SMILES string of the molecule is COC(=O)C(Nc1ccc(F)cc1)c1cc(F)cc(Cl)c1. The molecule has 0 saturated carbocycles. The molecule has 0 fully saturated rings. The summed E-state index contributed by atoms with van der Waals surface area (Å²) in [6.45, 7) is 0. The van der Waals surface area contributed by atoms with Crippen LogP contribution in [0.1, 0.15) is 11.6 Å². The van der Waals surface area contributed by atoms with Gasteiger partial charge >= 0.3 is 5.97 Å². The monoisotopic (exact) mass is 311 g/mol. The van der Waals surface area contributed by atoms with E-state index in [0.717, 1.165) is 6.07 Å². The fraction of sp³-hybridized carbons (Fsp3) is 0.133. The van der Waals surface area contributed by atoms with Gasteiger partial charge in [0.05, 0.1) is 7.11 Å². The third-order valence-electron chi connectivity index (χ3n) is 2.81. The fourth-order valence-corrected chi connectivity index (χ4v) is 2.08. The molecule has 0 spiro atoms. The average Bonchev–Trinajstić information content (AvgIpc) is 2.44. The Labute approximate surface area is 125 Å². The summed E-state index contributed by atoms with van der Waals surface area (Å²) in [6, 6.07) is 8.25. The Morgan fingerprint density at radius 1 is 1.14 bits per heavy atom. The number of halogens is 3. The molecule has 2 rings (SSSR count). The van der Waals surface area contributed by atoms with Crippen molar-refractivity contribution in [2.24, 2.45) is 0 Å². The Morgan fingerprint density at radius 2 is 1.81 bits per heavy atom. The number of benzene rings is 2. The average molecular weight is 312 g/mol. The molecule has 0 radical (unpaired) electrons. The summed E-state index contributed by atoms with van der Waals surface area (Å²) < 4.78 is 31.0. The minimum Gasteiger partial charge on any atom is -0.467 e. The van der Waals surface area contributed by atoms with E-state index in [1.807, 2.05) is 0 Å². The Morgan fingerprint density at radius 3 is 2.38 bits per heavy atom. The largest absolute Gasteiger partial charge is 0.467 e. The second-order valence-electron chi connectivity index (χ2n) is 4.31. The predicted molar refractivity (Wildman–Crippen MR) is 76.2 cm³/mol. The first-order chi connectivity index (χ1) is 9.99. The highest BCUT2D eigenvalue weighted by molar-refractivity contribution is 6.30. The van der Waals surface area contributed by atoms with E-state index >= 15 is 0 Å². The van der Waals surface area contributed by atoms with Gasteiger partial charge in [0, 0.05) is 10.7 Å². The van der Waals surface area contributed by atoms with Crippen molar-refractivity contribution in [3.63, 3.8) is 0 Å². The van der Waals surface area contributed by atoms with E-state index in [-0.39, 0.29) is 5.02 Å². The molecule has 1 atom stereocenters. The standard InChI is InChI=1S/C15H12ClF2NO2/c1-21-15(20)14(9-6-10(16)8-12(18)7-9)19-13-4-2-11(17)3-5-13/h2-8,14,19H,1H3. The highest BCUT2D eigenvalue weighted by atomic mass is 35.5. The van der Waals surface area contributed by atoms with Gasteiger partial charge < -0.3 is 10.1 Å². The number of carbonyl (C=O) groups excluding carboxylic acids is 1. The molecule has 1 N–H and O–H groups in total. The van der Waals surface area contributed by atoms with Gasteiger partial charge in [0.2, 0.25) is 0 Å². The lowest BCUT2D eigenvalue weighted by molar-refractivity contribution is -0.141. The molecule has 1 unspecified atom stereocenters. The normalized spacial score (nSPS) is 11.8. The minimum atomic E-state index is -0.950. The highest BCUT2D eigenvalue weighted by Gasteiger charge is 2.22. The quantitative estimate of drug-likeness (QED) is 0.869. The lowest BCUT2D eigenvalue weighted by Crippen LogP contribution is -2.22. The number of rotatable bonds is 4. The van der Waals surface area contributed by atoms with Crippen molar-refractivity contribution in [1.82, 2.24) is 0 Å². The summed E-state index contributed by atoms with van der Waals surface area (Å²) >= 11 is 5.80. The van der Waals surface area contributed by atoms with Gasteiger partial charge in [0.15, 0.2) is 6.04 Å². The Balaban J connectivity index is 2.34. The van der Waals surface area contributed by atoms with Crippen LogP contribution in [0.3, 0.4) is 0 Å². The van der Waals surface area contributed by atoms with Crippen molar-refractivity contribution in [2.45, 2.75) is 6.04 Å². The molecule has 2 aromatic carbocycles. The minimum absolute atomic E-state index is 0.166. The summed E-state index contributed by atoms with van der Waals surface area (Å²) in [6.07, 6.45) is 0. The zero-order chi connectivity index (χ0) is 15.4. The van der Waals surface area contributed by atoms with E-state index in [0.29, 0.717) is 11.3 Å². The molecule has 6 heteroatoms. The molecular weight excluding hydrogens is 300 g/mol. The van der Waals surface area contributed by atoms with Crippen LogP contribution in [0.5, 0.6) is 0 Å². The number of hydrogen-bond donors (Lipinski definition) is 1. The molecule has 0 saturated heterocycles. The Kier molecular flexibility index (Phi) is 4.75. The van der Waals surface area contributed by atoms with Crippen LogP contribution in [-0.2, 0) is 9.53 Å². The van der Waals surface area contributed by atoms with E-state index in [1.165, 1.54) is 43.5 Å². The van der Waals surface area contributed by atoms with Crippen LogP contribution >= 0.6 is 11.6 Å². The van der Waals surface area contributed by atoms with Crippen LogP contribution in [0.15, 0.2) is 42.5 Å². The van der Waals surface area contributed by atoms with E-state index in [1.54, 1.807) is 0 Å². The summed E-state index contributed by atoms with van der Waals surface area (Å²) in [5.74, 6) is -1.57. The lowest BCUT2D eigenvalue weighted by Gasteiger charge is -2.18. The van der Waals surface area contributed by atoms with Gasteiger partial charge in [-0.3, -0.25) is 0 Å². The highest BCUT2D eigenvalue weighted by Crippen LogP contribution is 2.25. The number of esters is 1. The molecule has 0 aliphatic carbocycles. The molecule has 0 aliphatic heterocycles. The third-order valence-corrected chi connectivity index (χ3v) is 3.03. The van der Waals surface area contributed by atoms with E-state index in [4.69, 9.17) is 16.3 Å². The molecule has 0 aromatic heterocycles. The van der Waals surface area contributed by atoms with Gasteiger partial charge in [0.1, 0.15) is 11.6 Å². The molecule has 0 amide bonds. The first-order valence-electron chi connectivity index (χ1n) is 6.05. The number of nitrogens with one attached hydrogen (secondary N) is 1. The summed E-state index contributed by atoms with van der Waals surface area (Å²) in [5.41, 5.74) is 0.809. The van der Waals surface area contributed by atoms with Crippen LogP contribution in [0.25, 0.3) is 0 Å².